The minimum absolute atomic E-state index is 0.229. The summed E-state index contributed by atoms with van der Waals surface area (Å²) >= 11 is 0. The van der Waals surface area contributed by atoms with Gasteiger partial charge < -0.3 is 10.3 Å². The monoisotopic (exact) mass is 219 g/mol. The molecule has 3 nitrogen and oxygen atoms in total. The molecule has 0 amide bonds. The Bertz CT molecular complexity index is 461. The number of rotatable bonds is 3. The van der Waals surface area contributed by atoms with Crippen molar-refractivity contribution in [1.29, 1.82) is 0 Å². The maximum Gasteiger partial charge on any atom is 0.123 e. The molecule has 0 radical (unpaired) electrons. The quantitative estimate of drug-likeness (QED) is 0.858. The summed E-state index contributed by atoms with van der Waals surface area (Å²) in [6.07, 6.45) is 3.51. The molecular formula is C12H14FN3. The molecule has 1 heterocycles. The molecular weight excluding hydrogens is 205 g/mol. The van der Waals surface area contributed by atoms with E-state index in [9.17, 15) is 4.39 Å². The van der Waals surface area contributed by atoms with Gasteiger partial charge in [-0.15, -0.1) is 0 Å². The number of halogens is 1. The number of aromatic nitrogens is 2. The van der Waals surface area contributed by atoms with Gasteiger partial charge in [-0.05, 0) is 24.3 Å². The molecule has 0 spiro atoms. The van der Waals surface area contributed by atoms with Gasteiger partial charge in [0.05, 0.1) is 6.33 Å². The Morgan fingerprint density at radius 1 is 1.38 bits per heavy atom. The van der Waals surface area contributed by atoms with Gasteiger partial charge in [-0.2, -0.15) is 0 Å². The van der Waals surface area contributed by atoms with E-state index in [1.54, 1.807) is 24.7 Å². The van der Waals surface area contributed by atoms with Gasteiger partial charge in [0, 0.05) is 30.0 Å². The first kappa shape index (κ1) is 10.8. The number of hydrogen-bond acceptors (Lipinski definition) is 2. The van der Waals surface area contributed by atoms with Gasteiger partial charge in [0.2, 0.25) is 0 Å². The first-order valence-corrected chi connectivity index (χ1v) is 5.20. The first-order valence-electron chi connectivity index (χ1n) is 5.20. The van der Waals surface area contributed by atoms with Crippen LogP contribution in [0.25, 0.3) is 5.69 Å². The van der Waals surface area contributed by atoms with Gasteiger partial charge in [-0.25, -0.2) is 9.37 Å². The van der Waals surface area contributed by atoms with E-state index >= 15 is 0 Å². The van der Waals surface area contributed by atoms with E-state index in [4.69, 9.17) is 5.73 Å². The van der Waals surface area contributed by atoms with Crippen LogP contribution in [0.2, 0.25) is 0 Å². The summed E-state index contributed by atoms with van der Waals surface area (Å²) in [4.78, 5) is 4.10. The fourth-order valence-corrected chi connectivity index (χ4v) is 1.61. The molecule has 2 aromatic rings. The van der Waals surface area contributed by atoms with Crippen LogP contribution in [-0.2, 0) is 0 Å². The van der Waals surface area contributed by atoms with Crippen molar-refractivity contribution in [2.75, 3.05) is 6.54 Å². The Morgan fingerprint density at radius 3 is 2.69 bits per heavy atom. The lowest BCUT2D eigenvalue weighted by atomic mass is 10.1. The van der Waals surface area contributed by atoms with Crippen LogP contribution in [0.15, 0.2) is 36.8 Å². The molecule has 1 aromatic heterocycles. The summed E-state index contributed by atoms with van der Waals surface area (Å²) in [5.41, 5.74) is 7.57. The highest BCUT2D eigenvalue weighted by Crippen LogP contribution is 2.18. The van der Waals surface area contributed by atoms with Crippen molar-refractivity contribution in [2.45, 2.75) is 12.8 Å². The highest BCUT2D eigenvalue weighted by Gasteiger charge is 2.10. The van der Waals surface area contributed by atoms with Gasteiger partial charge in [-0.1, -0.05) is 6.92 Å². The molecule has 1 atom stereocenters. The number of hydrogen-bond donors (Lipinski definition) is 1. The van der Waals surface area contributed by atoms with Crippen molar-refractivity contribution >= 4 is 0 Å². The average molecular weight is 219 g/mol. The van der Waals surface area contributed by atoms with E-state index in [0.29, 0.717) is 6.54 Å². The van der Waals surface area contributed by atoms with Crippen molar-refractivity contribution in [3.8, 4) is 5.69 Å². The zero-order chi connectivity index (χ0) is 11.5. The zero-order valence-corrected chi connectivity index (χ0v) is 9.10. The third-order valence-electron chi connectivity index (χ3n) is 2.63. The van der Waals surface area contributed by atoms with Crippen molar-refractivity contribution in [2.24, 2.45) is 5.73 Å². The Kier molecular flexibility index (Phi) is 3.01. The fraction of sp³-hybridized carbons (Fsp3) is 0.250. The molecule has 16 heavy (non-hydrogen) atoms. The molecule has 0 aliphatic heterocycles. The highest BCUT2D eigenvalue weighted by atomic mass is 19.1. The minimum Gasteiger partial charge on any atom is -0.330 e. The molecule has 2 N–H and O–H groups in total. The third-order valence-corrected chi connectivity index (χ3v) is 2.63. The van der Waals surface area contributed by atoms with Gasteiger partial charge in [0.15, 0.2) is 0 Å². The lowest BCUT2D eigenvalue weighted by Crippen LogP contribution is -2.12. The molecule has 84 valence electrons. The van der Waals surface area contributed by atoms with E-state index in [1.807, 2.05) is 11.5 Å². The zero-order valence-electron chi connectivity index (χ0n) is 9.10. The molecule has 2 rings (SSSR count). The summed E-state index contributed by atoms with van der Waals surface area (Å²) < 4.78 is 14.7. The summed E-state index contributed by atoms with van der Waals surface area (Å²) in [6, 6.07) is 6.33. The van der Waals surface area contributed by atoms with Gasteiger partial charge in [0.1, 0.15) is 5.82 Å². The predicted octanol–water partition coefficient (Wildman–Crippen LogP) is 2.07. The van der Waals surface area contributed by atoms with Crippen molar-refractivity contribution in [3.63, 3.8) is 0 Å². The van der Waals surface area contributed by atoms with Crippen LogP contribution in [0.4, 0.5) is 4.39 Å². The molecule has 1 aromatic carbocycles. The van der Waals surface area contributed by atoms with Crippen molar-refractivity contribution in [3.05, 3.63) is 48.3 Å². The average Bonchev–Trinajstić information content (AvgIpc) is 2.78. The molecule has 0 saturated carbocycles. The van der Waals surface area contributed by atoms with Crippen LogP contribution in [0.1, 0.15) is 18.5 Å². The van der Waals surface area contributed by atoms with Crippen LogP contribution < -0.4 is 5.73 Å². The second-order valence-electron chi connectivity index (χ2n) is 3.80. The van der Waals surface area contributed by atoms with Gasteiger partial charge >= 0.3 is 0 Å². The van der Waals surface area contributed by atoms with Crippen LogP contribution in [-0.4, -0.2) is 16.1 Å². The van der Waals surface area contributed by atoms with Gasteiger partial charge in [0.25, 0.3) is 0 Å². The fourth-order valence-electron chi connectivity index (χ4n) is 1.61. The van der Waals surface area contributed by atoms with E-state index in [1.165, 1.54) is 12.1 Å². The maximum absolute atomic E-state index is 12.8. The summed E-state index contributed by atoms with van der Waals surface area (Å²) in [6.45, 7) is 2.60. The van der Waals surface area contributed by atoms with Crippen LogP contribution >= 0.6 is 0 Å². The third kappa shape index (κ3) is 1.97. The SMILES string of the molecule is CC(CN)c1cncn1-c1ccc(F)cc1. The molecule has 0 aliphatic carbocycles. The molecule has 1 unspecified atom stereocenters. The first-order chi connectivity index (χ1) is 7.72. The second-order valence-corrected chi connectivity index (χ2v) is 3.80. The number of nitrogens with zero attached hydrogens (tertiary/aromatic N) is 2. The lowest BCUT2D eigenvalue weighted by Gasteiger charge is -2.12. The summed E-state index contributed by atoms with van der Waals surface area (Å²) in [5.74, 6) is -0.00941. The van der Waals surface area contributed by atoms with E-state index in [-0.39, 0.29) is 11.7 Å². The van der Waals surface area contributed by atoms with E-state index < -0.39 is 0 Å². The second kappa shape index (κ2) is 4.45. The Hall–Kier alpha value is -1.68. The largest absolute Gasteiger partial charge is 0.330 e. The highest BCUT2D eigenvalue weighted by molar-refractivity contribution is 5.34. The van der Waals surface area contributed by atoms with E-state index in [2.05, 4.69) is 4.98 Å². The van der Waals surface area contributed by atoms with Crippen LogP contribution in [0.5, 0.6) is 0 Å². The Labute approximate surface area is 93.7 Å². The lowest BCUT2D eigenvalue weighted by molar-refractivity contribution is 0.627. The number of nitrogens with two attached hydrogens (primary N) is 1. The Morgan fingerprint density at radius 2 is 2.06 bits per heavy atom. The molecule has 0 bridgehead atoms. The molecule has 0 saturated heterocycles. The number of benzene rings is 1. The summed E-state index contributed by atoms with van der Waals surface area (Å²) in [5, 5.41) is 0. The Balaban J connectivity index is 2.40. The van der Waals surface area contributed by atoms with E-state index in [0.717, 1.165) is 11.4 Å². The minimum atomic E-state index is -0.239. The van der Waals surface area contributed by atoms with Crippen molar-refractivity contribution < 1.29 is 4.39 Å². The van der Waals surface area contributed by atoms with Crippen molar-refractivity contribution in [1.82, 2.24) is 9.55 Å². The molecule has 4 heteroatoms. The standard InChI is InChI=1S/C12H14FN3/c1-9(6-14)12-7-15-8-16(12)11-4-2-10(13)3-5-11/h2-5,7-9H,6,14H2,1H3. The number of imidazole rings is 1. The van der Waals surface area contributed by atoms with Crippen LogP contribution in [0, 0.1) is 5.82 Å². The normalized spacial score (nSPS) is 12.7. The predicted molar refractivity (Wildman–Crippen MR) is 61.0 cm³/mol. The van der Waals surface area contributed by atoms with Crippen LogP contribution in [0.3, 0.4) is 0 Å². The smallest absolute Gasteiger partial charge is 0.123 e. The maximum atomic E-state index is 12.8. The molecule has 0 fully saturated rings. The topological polar surface area (TPSA) is 43.8 Å². The van der Waals surface area contributed by atoms with Gasteiger partial charge in [-0.3, -0.25) is 0 Å². The summed E-state index contributed by atoms with van der Waals surface area (Å²) in [7, 11) is 0. The molecule has 0 aliphatic rings.